The number of fused-ring (bicyclic) bond motifs is 1. The van der Waals surface area contributed by atoms with E-state index in [-0.39, 0.29) is 5.91 Å². The van der Waals surface area contributed by atoms with Crippen LogP contribution in [-0.4, -0.2) is 17.4 Å². The van der Waals surface area contributed by atoms with E-state index in [4.69, 9.17) is 4.98 Å². The minimum atomic E-state index is -0.00845. The average Bonchev–Trinajstić information content (AvgIpc) is 2.74. The van der Waals surface area contributed by atoms with Crippen LogP contribution < -0.4 is 5.32 Å². The number of hydrogen-bond acceptors (Lipinski definition) is 2. The number of carbonyl (C=O) groups is 1. The molecule has 0 atom stereocenters. The molecule has 3 aromatic rings. The highest BCUT2D eigenvalue weighted by Gasteiger charge is 2.18. The van der Waals surface area contributed by atoms with Crippen LogP contribution in [0.15, 0.2) is 60.2 Å². The van der Waals surface area contributed by atoms with Crippen LogP contribution in [0.1, 0.15) is 53.6 Å². The molecule has 1 aliphatic rings. The van der Waals surface area contributed by atoms with Gasteiger partial charge < -0.3 is 5.32 Å². The van der Waals surface area contributed by atoms with Gasteiger partial charge in [-0.1, -0.05) is 59.7 Å². The summed E-state index contributed by atoms with van der Waals surface area (Å²) >= 11 is 0. The van der Waals surface area contributed by atoms with Crippen molar-refractivity contribution in [3.63, 3.8) is 0 Å². The molecule has 4 rings (SSSR count). The van der Waals surface area contributed by atoms with Gasteiger partial charge in [-0.25, -0.2) is 4.98 Å². The Morgan fingerprint density at radius 2 is 1.83 bits per heavy atom. The fourth-order valence-corrected chi connectivity index (χ4v) is 4.15. The maximum atomic E-state index is 13.2. The van der Waals surface area contributed by atoms with Gasteiger partial charge in [-0.2, -0.15) is 0 Å². The first-order valence-corrected chi connectivity index (χ1v) is 10.6. The number of benzene rings is 2. The number of carbonyl (C=O) groups excluding carboxylic acids is 1. The van der Waals surface area contributed by atoms with Crippen molar-refractivity contribution >= 4 is 16.8 Å². The van der Waals surface area contributed by atoms with Gasteiger partial charge in [0.1, 0.15) is 0 Å². The third-order valence-electron chi connectivity index (χ3n) is 5.80. The van der Waals surface area contributed by atoms with Crippen LogP contribution in [0.4, 0.5) is 0 Å². The lowest BCUT2D eigenvalue weighted by atomic mass is 9.96. The predicted octanol–water partition coefficient (Wildman–Crippen LogP) is 6.14. The number of amides is 1. The molecule has 1 aromatic heterocycles. The summed E-state index contributed by atoms with van der Waals surface area (Å²) in [4.78, 5) is 18.1. The summed E-state index contributed by atoms with van der Waals surface area (Å²) in [7, 11) is 0. The van der Waals surface area contributed by atoms with Crippen molar-refractivity contribution in [1.82, 2.24) is 10.3 Å². The summed E-state index contributed by atoms with van der Waals surface area (Å²) in [5.41, 5.74) is 7.14. The minimum Gasteiger partial charge on any atom is -0.352 e. The number of hydrogen-bond donors (Lipinski definition) is 1. The molecular formula is C26H28N2O. The Hall–Kier alpha value is -2.94. The Morgan fingerprint density at radius 1 is 1.03 bits per heavy atom. The summed E-state index contributed by atoms with van der Waals surface area (Å²) in [6.45, 7) is 4.76. The van der Waals surface area contributed by atoms with E-state index in [2.05, 4.69) is 42.6 Å². The normalized spacial score (nSPS) is 13.9. The summed E-state index contributed by atoms with van der Waals surface area (Å²) in [5, 5.41) is 4.07. The van der Waals surface area contributed by atoms with Gasteiger partial charge in [0.25, 0.3) is 5.91 Å². The van der Waals surface area contributed by atoms with Crippen molar-refractivity contribution in [2.75, 3.05) is 6.54 Å². The lowest BCUT2D eigenvalue weighted by Crippen LogP contribution is -2.26. The minimum absolute atomic E-state index is 0.00845. The van der Waals surface area contributed by atoms with E-state index >= 15 is 0 Å². The molecule has 0 bridgehead atoms. The standard InChI is InChI=1S/C26H28N2O/c1-18-12-14-21(15-13-18)25-19(2)24(22-10-6-7-11-23(22)28-25)26(29)27-17-16-20-8-4-3-5-9-20/h6-8,10-15H,3-5,9,16-17H2,1-2H3,(H,27,29). The second-order valence-electron chi connectivity index (χ2n) is 7.96. The molecule has 0 saturated heterocycles. The SMILES string of the molecule is Cc1ccc(-c2nc3ccccc3c(C(=O)NCCC3=CCCCC3)c2C)cc1. The van der Waals surface area contributed by atoms with Gasteiger partial charge in [-0.05, 0) is 57.6 Å². The van der Waals surface area contributed by atoms with E-state index in [9.17, 15) is 4.79 Å². The zero-order valence-corrected chi connectivity index (χ0v) is 17.3. The van der Waals surface area contributed by atoms with E-state index in [1.165, 1.54) is 36.8 Å². The lowest BCUT2D eigenvalue weighted by molar-refractivity contribution is 0.0955. The molecule has 1 amide bonds. The smallest absolute Gasteiger partial charge is 0.252 e. The maximum Gasteiger partial charge on any atom is 0.252 e. The predicted molar refractivity (Wildman–Crippen MR) is 120 cm³/mol. The number of nitrogens with zero attached hydrogens (tertiary/aromatic N) is 1. The first-order chi connectivity index (χ1) is 14.1. The van der Waals surface area contributed by atoms with Crippen LogP contribution in [0.3, 0.4) is 0 Å². The van der Waals surface area contributed by atoms with E-state index in [0.717, 1.165) is 39.7 Å². The van der Waals surface area contributed by atoms with Crippen molar-refractivity contribution in [2.24, 2.45) is 0 Å². The Kier molecular flexibility index (Phi) is 5.75. The summed E-state index contributed by atoms with van der Waals surface area (Å²) in [5.74, 6) is -0.00845. The highest BCUT2D eigenvalue weighted by atomic mass is 16.1. The number of aromatic nitrogens is 1. The number of aryl methyl sites for hydroxylation is 1. The van der Waals surface area contributed by atoms with Crippen LogP contribution in [0.25, 0.3) is 22.2 Å². The van der Waals surface area contributed by atoms with Crippen molar-refractivity contribution in [1.29, 1.82) is 0 Å². The Balaban J connectivity index is 1.66. The molecular weight excluding hydrogens is 356 g/mol. The van der Waals surface area contributed by atoms with Gasteiger partial charge in [0.2, 0.25) is 0 Å². The molecule has 0 aliphatic heterocycles. The number of allylic oxidation sites excluding steroid dienone is 1. The number of para-hydroxylation sites is 1. The van der Waals surface area contributed by atoms with E-state index in [1.807, 2.05) is 31.2 Å². The van der Waals surface area contributed by atoms with Crippen LogP contribution in [0.5, 0.6) is 0 Å². The molecule has 1 N–H and O–H groups in total. The molecule has 1 heterocycles. The molecule has 3 heteroatoms. The fraction of sp³-hybridized carbons (Fsp3) is 0.308. The molecule has 2 aromatic carbocycles. The van der Waals surface area contributed by atoms with E-state index in [1.54, 1.807) is 0 Å². The molecule has 148 valence electrons. The average molecular weight is 385 g/mol. The van der Waals surface area contributed by atoms with E-state index in [0.29, 0.717) is 6.54 Å². The van der Waals surface area contributed by atoms with Gasteiger partial charge in [-0.15, -0.1) is 0 Å². The summed E-state index contributed by atoms with van der Waals surface area (Å²) < 4.78 is 0. The second kappa shape index (κ2) is 8.60. The maximum absolute atomic E-state index is 13.2. The number of rotatable bonds is 5. The van der Waals surface area contributed by atoms with Crippen LogP contribution >= 0.6 is 0 Å². The van der Waals surface area contributed by atoms with Gasteiger partial charge >= 0.3 is 0 Å². The van der Waals surface area contributed by atoms with Gasteiger partial charge in [0, 0.05) is 17.5 Å². The first kappa shape index (κ1) is 19.4. The Morgan fingerprint density at radius 3 is 2.59 bits per heavy atom. The monoisotopic (exact) mass is 384 g/mol. The molecule has 3 nitrogen and oxygen atoms in total. The molecule has 1 aliphatic carbocycles. The topological polar surface area (TPSA) is 42.0 Å². The van der Waals surface area contributed by atoms with Gasteiger partial charge in [0.05, 0.1) is 16.8 Å². The zero-order valence-electron chi connectivity index (χ0n) is 17.3. The van der Waals surface area contributed by atoms with E-state index < -0.39 is 0 Å². The highest BCUT2D eigenvalue weighted by Crippen LogP contribution is 2.30. The van der Waals surface area contributed by atoms with Crippen molar-refractivity contribution in [2.45, 2.75) is 46.0 Å². The van der Waals surface area contributed by atoms with Crippen LogP contribution in [-0.2, 0) is 0 Å². The zero-order chi connectivity index (χ0) is 20.2. The van der Waals surface area contributed by atoms with Crippen molar-refractivity contribution in [3.8, 4) is 11.3 Å². The van der Waals surface area contributed by atoms with Gasteiger partial charge in [0.15, 0.2) is 0 Å². The molecule has 29 heavy (non-hydrogen) atoms. The van der Waals surface area contributed by atoms with Gasteiger partial charge in [-0.3, -0.25) is 4.79 Å². The Labute approximate surface area is 172 Å². The molecule has 0 fully saturated rings. The molecule has 0 unspecified atom stereocenters. The first-order valence-electron chi connectivity index (χ1n) is 10.6. The summed E-state index contributed by atoms with van der Waals surface area (Å²) in [6, 6.07) is 16.3. The molecule has 0 radical (unpaired) electrons. The molecule has 0 saturated carbocycles. The van der Waals surface area contributed by atoms with Crippen LogP contribution in [0, 0.1) is 13.8 Å². The number of nitrogens with one attached hydrogen (secondary N) is 1. The number of pyridine rings is 1. The third-order valence-corrected chi connectivity index (χ3v) is 5.80. The largest absolute Gasteiger partial charge is 0.352 e. The Bertz CT molecular complexity index is 1060. The van der Waals surface area contributed by atoms with Crippen LogP contribution in [0.2, 0.25) is 0 Å². The summed E-state index contributed by atoms with van der Waals surface area (Å²) in [6.07, 6.45) is 8.20. The fourth-order valence-electron chi connectivity index (χ4n) is 4.15. The van der Waals surface area contributed by atoms with Crippen molar-refractivity contribution in [3.05, 3.63) is 76.9 Å². The second-order valence-corrected chi connectivity index (χ2v) is 7.96. The van der Waals surface area contributed by atoms with Crippen molar-refractivity contribution < 1.29 is 4.79 Å². The molecule has 0 spiro atoms. The quantitative estimate of drug-likeness (QED) is 0.537. The third kappa shape index (κ3) is 4.24. The lowest BCUT2D eigenvalue weighted by Gasteiger charge is -2.16. The highest BCUT2D eigenvalue weighted by molar-refractivity contribution is 6.08.